The third-order valence-electron chi connectivity index (χ3n) is 3.69. The Hall–Kier alpha value is -3.04. The van der Waals surface area contributed by atoms with Crippen molar-refractivity contribution in [2.45, 2.75) is 6.92 Å². The van der Waals surface area contributed by atoms with Gasteiger partial charge in [0.15, 0.2) is 23.2 Å². The summed E-state index contributed by atoms with van der Waals surface area (Å²) in [7, 11) is 2.81. The van der Waals surface area contributed by atoms with Crippen LogP contribution in [0, 0.1) is 24.2 Å². The fourth-order valence-corrected chi connectivity index (χ4v) is 2.60. The standard InChI is InChI=1S/C19H17ClN2O4/c1-11-4-6-13(7-5-11)22-19(24)14(10-21)17(23)12-8-15(20)18(26-3)16(9-12)25-2/h4-9,14H,1-3H3,(H,22,24)/t14-/m0/s1. The number of methoxy groups -OCH3 is 2. The molecule has 0 bridgehead atoms. The van der Waals surface area contributed by atoms with Crippen LogP contribution in [-0.2, 0) is 4.79 Å². The summed E-state index contributed by atoms with van der Waals surface area (Å²) < 4.78 is 10.3. The second-order valence-corrected chi connectivity index (χ2v) is 5.88. The molecule has 0 aliphatic heterocycles. The van der Waals surface area contributed by atoms with Crippen LogP contribution in [-0.4, -0.2) is 25.9 Å². The number of nitrogens with zero attached hydrogens (tertiary/aromatic N) is 1. The van der Waals surface area contributed by atoms with Gasteiger partial charge in [0.05, 0.1) is 25.3 Å². The number of carbonyl (C=O) groups is 2. The molecule has 0 aromatic heterocycles. The lowest BCUT2D eigenvalue weighted by atomic mass is 9.97. The molecule has 0 aliphatic carbocycles. The molecule has 0 fully saturated rings. The van der Waals surface area contributed by atoms with E-state index >= 15 is 0 Å². The van der Waals surface area contributed by atoms with Crippen molar-refractivity contribution in [3.05, 3.63) is 52.5 Å². The van der Waals surface area contributed by atoms with E-state index in [1.807, 2.05) is 19.1 Å². The van der Waals surface area contributed by atoms with E-state index in [0.29, 0.717) is 5.69 Å². The van der Waals surface area contributed by atoms with Crippen LogP contribution in [0.25, 0.3) is 0 Å². The highest BCUT2D eigenvalue weighted by molar-refractivity contribution is 6.33. The summed E-state index contributed by atoms with van der Waals surface area (Å²) in [6, 6.07) is 11.5. The van der Waals surface area contributed by atoms with Gasteiger partial charge in [-0.15, -0.1) is 0 Å². The minimum Gasteiger partial charge on any atom is -0.493 e. The van der Waals surface area contributed by atoms with Crippen molar-refractivity contribution < 1.29 is 19.1 Å². The molecular weight excluding hydrogens is 356 g/mol. The molecule has 1 amide bonds. The molecule has 7 heteroatoms. The van der Waals surface area contributed by atoms with E-state index in [9.17, 15) is 14.9 Å². The van der Waals surface area contributed by atoms with Gasteiger partial charge in [-0.25, -0.2) is 0 Å². The van der Waals surface area contributed by atoms with E-state index in [1.165, 1.54) is 26.4 Å². The highest BCUT2D eigenvalue weighted by Gasteiger charge is 2.29. The van der Waals surface area contributed by atoms with Crippen molar-refractivity contribution >= 4 is 29.0 Å². The fourth-order valence-electron chi connectivity index (χ4n) is 2.31. The summed E-state index contributed by atoms with van der Waals surface area (Å²) in [5.41, 5.74) is 1.60. The van der Waals surface area contributed by atoms with Gasteiger partial charge in [0.1, 0.15) is 0 Å². The second-order valence-electron chi connectivity index (χ2n) is 5.48. The molecule has 2 aromatic rings. The molecule has 0 aliphatic rings. The van der Waals surface area contributed by atoms with Crippen LogP contribution in [0.1, 0.15) is 15.9 Å². The average molecular weight is 373 g/mol. The van der Waals surface area contributed by atoms with Crippen molar-refractivity contribution in [2.24, 2.45) is 5.92 Å². The van der Waals surface area contributed by atoms with Gasteiger partial charge >= 0.3 is 0 Å². The number of amides is 1. The van der Waals surface area contributed by atoms with Gasteiger partial charge in [0.25, 0.3) is 0 Å². The van der Waals surface area contributed by atoms with Crippen LogP contribution in [0.15, 0.2) is 36.4 Å². The zero-order chi connectivity index (χ0) is 19.3. The third-order valence-corrected chi connectivity index (χ3v) is 3.97. The SMILES string of the molecule is COc1cc(C(=O)[C@H](C#N)C(=O)Nc2ccc(C)cc2)cc(Cl)c1OC. The van der Waals surface area contributed by atoms with Crippen LogP contribution >= 0.6 is 11.6 Å². The van der Waals surface area contributed by atoms with Gasteiger partial charge in [-0.05, 0) is 31.2 Å². The van der Waals surface area contributed by atoms with Crippen LogP contribution < -0.4 is 14.8 Å². The minimum atomic E-state index is -1.52. The summed E-state index contributed by atoms with van der Waals surface area (Å²) in [5, 5.41) is 12.0. The molecule has 0 unspecified atom stereocenters. The number of hydrogen-bond donors (Lipinski definition) is 1. The molecule has 2 aromatic carbocycles. The molecule has 1 atom stereocenters. The third kappa shape index (κ3) is 4.13. The van der Waals surface area contributed by atoms with E-state index in [1.54, 1.807) is 18.2 Å². The average Bonchev–Trinajstić information content (AvgIpc) is 2.63. The maximum Gasteiger partial charge on any atom is 0.249 e. The topological polar surface area (TPSA) is 88.4 Å². The highest BCUT2D eigenvalue weighted by atomic mass is 35.5. The Labute approximate surface area is 156 Å². The molecule has 26 heavy (non-hydrogen) atoms. The van der Waals surface area contributed by atoms with Crippen LogP contribution in [0.5, 0.6) is 11.5 Å². The maximum atomic E-state index is 12.6. The molecule has 1 N–H and O–H groups in total. The van der Waals surface area contributed by atoms with Crippen LogP contribution in [0.4, 0.5) is 5.69 Å². The highest BCUT2D eigenvalue weighted by Crippen LogP contribution is 2.36. The number of rotatable bonds is 6. The first-order valence-corrected chi connectivity index (χ1v) is 8.02. The van der Waals surface area contributed by atoms with E-state index in [0.717, 1.165) is 5.56 Å². The maximum absolute atomic E-state index is 12.6. The van der Waals surface area contributed by atoms with Crippen molar-refractivity contribution in [1.29, 1.82) is 5.26 Å². The Morgan fingerprint density at radius 1 is 1.15 bits per heavy atom. The van der Waals surface area contributed by atoms with Gasteiger partial charge in [-0.3, -0.25) is 9.59 Å². The summed E-state index contributed by atoms with van der Waals surface area (Å²) in [6.45, 7) is 1.91. The smallest absolute Gasteiger partial charge is 0.249 e. The number of hydrogen-bond acceptors (Lipinski definition) is 5. The number of nitrogens with one attached hydrogen (secondary N) is 1. The van der Waals surface area contributed by atoms with Gasteiger partial charge in [0.2, 0.25) is 5.91 Å². The Kier molecular flexibility index (Phi) is 6.21. The number of carbonyl (C=O) groups excluding carboxylic acids is 2. The van der Waals surface area contributed by atoms with E-state index in [2.05, 4.69) is 5.32 Å². The largest absolute Gasteiger partial charge is 0.493 e. The Morgan fingerprint density at radius 3 is 2.35 bits per heavy atom. The van der Waals surface area contributed by atoms with E-state index in [4.69, 9.17) is 21.1 Å². The molecule has 0 saturated carbocycles. The predicted octanol–water partition coefficient (Wildman–Crippen LogP) is 3.63. The zero-order valence-corrected chi connectivity index (χ0v) is 15.3. The van der Waals surface area contributed by atoms with Gasteiger partial charge in [-0.1, -0.05) is 29.3 Å². The molecule has 134 valence electrons. The van der Waals surface area contributed by atoms with Crippen LogP contribution in [0.3, 0.4) is 0 Å². The van der Waals surface area contributed by atoms with Crippen molar-refractivity contribution in [3.63, 3.8) is 0 Å². The number of ketones is 1. The number of aryl methyl sites for hydroxylation is 1. The lowest BCUT2D eigenvalue weighted by Crippen LogP contribution is -2.28. The molecule has 0 heterocycles. The van der Waals surface area contributed by atoms with Gasteiger partial charge in [0, 0.05) is 11.3 Å². The van der Waals surface area contributed by atoms with E-state index < -0.39 is 17.6 Å². The lowest BCUT2D eigenvalue weighted by molar-refractivity contribution is -0.117. The number of halogens is 1. The van der Waals surface area contributed by atoms with Gasteiger partial charge < -0.3 is 14.8 Å². The lowest BCUT2D eigenvalue weighted by Gasteiger charge is -2.13. The number of ether oxygens (including phenoxy) is 2. The minimum absolute atomic E-state index is 0.0817. The molecule has 2 rings (SSSR count). The Morgan fingerprint density at radius 2 is 1.81 bits per heavy atom. The van der Waals surface area contributed by atoms with Crippen molar-refractivity contribution in [2.75, 3.05) is 19.5 Å². The molecule has 6 nitrogen and oxygen atoms in total. The molecule has 0 saturated heterocycles. The first-order chi connectivity index (χ1) is 12.4. The first kappa shape index (κ1) is 19.3. The normalized spacial score (nSPS) is 11.2. The summed E-state index contributed by atoms with van der Waals surface area (Å²) in [6.07, 6.45) is 0. The number of benzene rings is 2. The Balaban J connectivity index is 2.28. The molecular formula is C19H17ClN2O4. The monoisotopic (exact) mass is 372 g/mol. The Bertz CT molecular complexity index is 872. The summed E-state index contributed by atoms with van der Waals surface area (Å²) in [4.78, 5) is 25.0. The van der Waals surface area contributed by atoms with Crippen LogP contribution in [0.2, 0.25) is 5.02 Å². The summed E-state index contributed by atoms with van der Waals surface area (Å²) in [5.74, 6) is -2.42. The van der Waals surface area contributed by atoms with Gasteiger partial charge in [-0.2, -0.15) is 5.26 Å². The second kappa shape index (κ2) is 8.37. The number of anilines is 1. The predicted molar refractivity (Wildman–Crippen MR) is 97.8 cm³/mol. The quantitative estimate of drug-likeness (QED) is 0.618. The number of nitriles is 1. The van der Waals surface area contributed by atoms with Crippen molar-refractivity contribution in [1.82, 2.24) is 0 Å². The molecule has 0 spiro atoms. The first-order valence-electron chi connectivity index (χ1n) is 7.64. The molecule has 0 radical (unpaired) electrons. The summed E-state index contributed by atoms with van der Waals surface area (Å²) >= 11 is 6.09. The zero-order valence-electron chi connectivity index (χ0n) is 14.5. The number of Topliss-reactive ketones (excluding diaryl/α,β-unsaturated/α-hetero) is 1. The van der Waals surface area contributed by atoms with Crippen molar-refractivity contribution in [3.8, 4) is 17.6 Å². The van der Waals surface area contributed by atoms with E-state index in [-0.39, 0.29) is 22.1 Å². The fraction of sp³-hybridized carbons (Fsp3) is 0.211.